The lowest BCUT2D eigenvalue weighted by molar-refractivity contribution is -0.369. The van der Waals surface area contributed by atoms with E-state index in [1.165, 1.54) is 7.11 Å². The van der Waals surface area contributed by atoms with E-state index in [0.29, 0.717) is 19.3 Å². The van der Waals surface area contributed by atoms with Crippen molar-refractivity contribution < 1.29 is 117 Å². The van der Waals surface area contributed by atoms with Gasteiger partial charge in [0.2, 0.25) is 0 Å². The quantitative estimate of drug-likeness (QED) is 0.0561. The van der Waals surface area contributed by atoms with E-state index in [4.69, 9.17) is 61.6 Å². The van der Waals surface area contributed by atoms with Crippen molar-refractivity contribution in [2.45, 2.75) is 291 Å². The molecule has 0 spiro atoms. The molecule has 0 aromatic rings. The number of ether oxygens (including phenoxy) is 13. The molecule has 6 fully saturated rings. The van der Waals surface area contributed by atoms with E-state index in [0.717, 1.165) is 19.3 Å². The van der Waals surface area contributed by atoms with Crippen molar-refractivity contribution in [2.75, 3.05) is 13.7 Å². The van der Waals surface area contributed by atoms with Crippen LogP contribution in [0.25, 0.3) is 0 Å². The van der Waals surface area contributed by atoms with Gasteiger partial charge in [0, 0.05) is 39.2 Å². The molecule has 6 saturated heterocycles. The largest absolute Gasteiger partial charge is 0.481 e. The Morgan fingerprint density at radius 2 is 1.05 bits per heavy atom. The van der Waals surface area contributed by atoms with Crippen molar-refractivity contribution >= 4 is 5.97 Å². The molecular formula is C49H86O24. The zero-order valence-electron chi connectivity index (χ0n) is 43.2. The van der Waals surface area contributed by atoms with Gasteiger partial charge in [-0.15, -0.1) is 0 Å². The van der Waals surface area contributed by atoms with Crippen molar-refractivity contribution in [1.29, 1.82) is 0 Å². The highest BCUT2D eigenvalue weighted by atomic mass is 16.8. The minimum absolute atomic E-state index is 0.0189. The number of hydrogen-bond donors (Lipinski definition) is 10. The predicted molar refractivity (Wildman–Crippen MR) is 249 cm³/mol. The van der Waals surface area contributed by atoms with Crippen LogP contribution in [0.1, 0.15) is 125 Å². The molecule has 0 aromatic heterocycles. The third-order valence-electron chi connectivity index (χ3n) is 14.8. The Balaban J connectivity index is 1.08. The number of aliphatic hydroxyl groups is 9. The summed E-state index contributed by atoms with van der Waals surface area (Å²) in [7, 11) is 1.49. The summed E-state index contributed by atoms with van der Waals surface area (Å²) in [6.07, 6.45) is -23.0. The maximum Gasteiger partial charge on any atom is 0.305 e. The topological polar surface area (TPSA) is 339 Å². The number of carboxylic acids is 1. The zero-order valence-corrected chi connectivity index (χ0v) is 43.2. The smallest absolute Gasteiger partial charge is 0.305 e. The molecule has 73 heavy (non-hydrogen) atoms. The van der Waals surface area contributed by atoms with Crippen molar-refractivity contribution in [3.05, 3.63) is 0 Å². The van der Waals surface area contributed by atoms with Gasteiger partial charge in [-0.25, -0.2) is 0 Å². The van der Waals surface area contributed by atoms with Crippen LogP contribution in [0.3, 0.4) is 0 Å². The van der Waals surface area contributed by atoms with Gasteiger partial charge in [-0.05, 0) is 60.3 Å². The molecule has 426 valence electrons. The Labute approximate surface area is 427 Å². The van der Waals surface area contributed by atoms with Crippen molar-refractivity contribution in [1.82, 2.24) is 0 Å². The van der Waals surface area contributed by atoms with Gasteiger partial charge in [0.05, 0.1) is 86.3 Å². The fourth-order valence-corrected chi connectivity index (χ4v) is 10.6. The highest BCUT2D eigenvalue weighted by molar-refractivity contribution is 5.67. The van der Waals surface area contributed by atoms with Gasteiger partial charge in [-0.3, -0.25) is 4.79 Å². The van der Waals surface area contributed by atoms with Crippen LogP contribution in [-0.4, -0.2) is 237 Å². The van der Waals surface area contributed by atoms with Crippen LogP contribution in [-0.2, 0) is 66.4 Å². The van der Waals surface area contributed by atoms with E-state index < -0.39 is 178 Å². The molecule has 5 unspecified atom stereocenters. The maximum absolute atomic E-state index is 11.8. The summed E-state index contributed by atoms with van der Waals surface area (Å²) in [6.45, 7) is 10.1. The van der Waals surface area contributed by atoms with Crippen molar-refractivity contribution in [3.63, 3.8) is 0 Å². The maximum atomic E-state index is 11.8. The Morgan fingerprint density at radius 1 is 0.534 bits per heavy atom. The number of unbranched alkanes of at least 4 members (excludes halogenated alkanes) is 2. The molecule has 0 aliphatic carbocycles. The molecule has 10 N–H and O–H groups in total. The molecule has 27 atom stereocenters. The number of aliphatic carboxylic acids is 1. The SMILES string of the molecule is CCCCCC(CCCC(O)CC(=O)O)O[C@@H]1O[C@@H](COC2O[C@H](C)[C@H](OC3C[C@H](O)[C@@H](O)[C@@H](C)O3)C[C@H]2O)[C@@H](O)[C@H](O)[C@@H]1O[C@@H]1C[C@@H](O)[C@@H](O[C@@H]2C[C@@H](O)[C@@H](OC3C[C@@H](O)[C@H](OC)[C@H](C)O3)[C@@H](C)O2)[C@H](C)O1. The average Bonchev–Trinajstić information content (AvgIpc) is 3.31. The fraction of sp³-hybridized carbons (Fsp3) is 0.980. The number of carbonyl (C=O) groups is 1. The van der Waals surface area contributed by atoms with Crippen LogP contribution < -0.4 is 0 Å². The lowest BCUT2D eigenvalue weighted by Gasteiger charge is -2.47. The van der Waals surface area contributed by atoms with Gasteiger partial charge in [-0.1, -0.05) is 26.2 Å². The van der Waals surface area contributed by atoms with Crippen molar-refractivity contribution in [3.8, 4) is 0 Å². The molecule has 6 heterocycles. The van der Waals surface area contributed by atoms with E-state index in [1.807, 2.05) is 6.92 Å². The molecule has 0 bridgehead atoms. The number of rotatable bonds is 24. The highest BCUT2D eigenvalue weighted by Crippen LogP contribution is 2.36. The Hall–Kier alpha value is -1.41. The first kappa shape index (κ1) is 60.8. The first-order valence-corrected chi connectivity index (χ1v) is 26.3. The lowest BCUT2D eigenvalue weighted by atomic mass is 9.97. The Bertz CT molecular complexity index is 1570. The third kappa shape index (κ3) is 16.8. The second-order valence-corrected chi connectivity index (χ2v) is 20.8. The summed E-state index contributed by atoms with van der Waals surface area (Å²) in [5.74, 6) is -1.12. The molecule has 6 aliphatic heterocycles. The summed E-state index contributed by atoms with van der Waals surface area (Å²) in [5, 5.41) is 108. The van der Waals surface area contributed by atoms with Crippen LogP contribution in [0, 0.1) is 0 Å². The minimum atomic E-state index is -1.67. The molecular weight excluding hydrogens is 973 g/mol. The fourth-order valence-electron chi connectivity index (χ4n) is 10.6. The van der Waals surface area contributed by atoms with Gasteiger partial charge in [-0.2, -0.15) is 0 Å². The van der Waals surface area contributed by atoms with Gasteiger partial charge in [0.1, 0.15) is 54.9 Å². The lowest BCUT2D eigenvalue weighted by Crippen LogP contribution is -2.63. The predicted octanol–water partition coefficient (Wildman–Crippen LogP) is -0.183. The molecule has 0 radical (unpaired) electrons. The zero-order chi connectivity index (χ0) is 53.3. The second-order valence-electron chi connectivity index (χ2n) is 20.8. The van der Waals surface area contributed by atoms with Crippen LogP contribution in [0.5, 0.6) is 0 Å². The first-order valence-electron chi connectivity index (χ1n) is 26.3. The number of carboxylic acid groups (broad SMARTS) is 1. The van der Waals surface area contributed by atoms with Crippen LogP contribution in [0.15, 0.2) is 0 Å². The van der Waals surface area contributed by atoms with Crippen LogP contribution >= 0.6 is 0 Å². The number of hydrogen-bond acceptors (Lipinski definition) is 23. The van der Waals surface area contributed by atoms with Crippen molar-refractivity contribution in [2.24, 2.45) is 0 Å². The normalized spacial score (nSPS) is 45.7. The molecule has 6 aliphatic rings. The van der Waals surface area contributed by atoms with E-state index in [9.17, 15) is 55.9 Å². The third-order valence-corrected chi connectivity index (χ3v) is 14.8. The van der Waals surface area contributed by atoms with E-state index in [2.05, 4.69) is 0 Å². The van der Waals surface area contributed by atoms with E-state index in [1.54, 1.807) is 34.6 Å². The van der Waals surface area contributed by atoms with Crippen LogP contribution in [0.2, 0.25) is 0 Å². The number of aliphatic hydroxyl groups excluding tert-OH is 9. The molecule has 0 aromatic carbocycles. The summed E-state index contributed by atoms with van der Waals surface area (Å²) >= 11 is 0. The van der Waals surface area contributed by atoms with Crippen LogP contribution in [0.4, 0.5) is 0 Å². The second kappa shape index (κ2) is 28.5. The van der Waals surface area contributed by atoms with Gasteiger partial charge in [0.15, 0.2) is 37.7 Å². The van der Waals surface area contributed by atoms with E-state index in [-0.39, 0.29) is 45.1 Å². The molecule has 0 saturated carbocycles. The highest BCUT2D eigenvalue weighted by Gasteiger charge is 2.51. The Morgan fingerprint density at radius 3 is 1.59 bits per heavy atom. The average molecular weight is 1060 g/mol. The molecule has 24 nitrogen and oxygen atoms in total. The monoisotopic (exact) mass is 1060 g/mol. The van der Waals surface area contributed by atoms with Gasteiger partial charge in [0.25, 0.3) is 0 Å². The van der Waals surface area contributed by atoms with Gasteiger partial charge >= 0.3 is 5.97 Å². The molecule has 0 amide bonds. The summed E-state index contributed by atoms with van der Waals surface area (Å²) in [6, 6.07) is 0. The standard InChI is InChI=1S/C49H86O24/c1-8-9-10-13-28(14-11-12-27(50)15-36(56)57)68-49-47(43(60)42(59)35(70-49)21-62-48-33(55)16-34(22(2)67-48)69-37-17-29(51)41(58)23(3)63-37)73-40-20-32(54)46(26(6)66-40)72-39-19-31(53)45(25(5)65-39)71-38-18-30(52)44(61-7)24(4)64-38/h22-35,37-55,58-60H,8-21H2,1-7H3,(H,56,57)/t22-,23-,24+,25-,26+,27?,28?,29+,30-,31-,32-,33-,34-,35+,37?,38?,39-,40-,41+,42-,43+,44-,45+,46+,47+,48?,49-/m1/s1. The minimum Gasteiger partial charge on any atom is -0.481 e. The summed E-state index contributed by atoms with van der Waals surface area (Å²) < 4.78 is 78.9. The number of methoxy groups -OCH3 is 1. The van der Waals surface area contributed by atoms with Gasteiger partial charge < -0.3 is 113 Å². The first-order chi connectivity index (χ1) is 34.6. The van der Waals surface area contributed by atoms with E-state index >= 15 is 0 Å². The summed E-state index contributed by atoms with van der Waals surface area (Å²) in [5.41, 5.74) is 0. The molecule has 24 heteroatoms. The Kier molecular flexibility index (Phi) is 23.7. The summed E-state index contributed by atoms with van der Waals surface area (Å²) in [4.78, 5) is 11.2. The molecule has 6 rings (SSSR count).